The summed E-state index contributed by atoms with van der Waals surface area (Å²) in [7, 11) is 0. The summed E-state index contributed by atoms with van der Waals surface area (Å²) in [5.74, 6) is 0. The number of rotatable bonds is 7. The van der Waals surface area contributed by atoms with Crippen LogP contribution in [0.4, 0.5) is 5.69 Å². The van der Waals surface area contributed by atoms with Crippen LogP contribution < -0.4 is 10.9 Å². The highest BCUT2D eigenvalue weighted by atomic mass is 79.9. The van der Waals surface area contributed by atoms with Gasteiger partial charge in [0, 0.05) is 6.04 Å². The molecule has 1 atom stereocenters. The molecule has 0 spiro atoms. The molecule has 4 nitrogen and oxygen atoms in total. The van der Waals surface area contributed by atoms with E-state index < -0.39 is 0 Å². The Balaban J connectivity index is 2.94. The van der Waals surface area contributed by atoms with E-state index in [9.17, 15) is 4.79 Å². The van der Waals surface area contributed by atoms with Crippen molar-refractivity contribution in [3.8, 4) is 0 Å². The summed E-state index contributed by atoms with van der Waals surface area (Å²) < 4.78 is 1.91. The summed E-state index contributed by atoms with van der Waals surface area (Å²) in [6.07, 6.45) is 6.56. The van der Waals surface area contributed by atoms with Crippen LogP contribution in [0.2, 0.25) is 0 Å². The van der Waals surface area contributed by atoms with Crippen LogP contribution in [-0.4, -0.2) is 15.8 Å². The number of halogens is 1. The lowest BCUT2D eigenvalue weighted by molar-refractivity contribution is 0.615. The van der Waals surface area contributed by atoms with Gasteiger partial charge < -0.3 is 5.32 Å². The third-order valence-electron chi connectivity index (χ3n) is 2.78. The fraction of sp³-hybridized carbons (Fsp3) is 0.538. The Labute approximate surface area is 116 Å². The second kappa shape index (κ2) is 7.36. The number of anilines is 1. The molecule has 0 aliphatic heterocycles. The highest BCUT2D eigenvalue weighted by Crippen LogP contribution is 2.19. The van der Waals surface area contributed by atoms with E-state index in [1.807, 2.05) is 0 Å². The Hall–Kier alpha value is -1.10. The van der Waals surface area contributed by atoms with Gasteiger partial charge >= 0.3 is 0 Å². The van der Waals surface area contributed by atoms with E-state index >= 15 is 0 Å². The smallest absolute Gasteiger partial charge is 0.283 e. The number of hydrogen-bond donors (Lipinski definition) is 1. The maximum Gasteiger partial charge on any atom is 0.283 e. The normalized spacial score (nSPS) is 12.2. The summed E-state index contributed by atoms with van der Waals surface area (Å²) >= 11 is 3.34. The number of nitrogens with zero attached hydrogens (tertiary/aromatic N) is 2. The van der Waals surface area contributed by atoms with Crippen molar-refractivity contribution in [2.45, 2.75) is 45.7 Å². The molecule has 1 unspecified atom stereocenters. The highest BCUT2D eigenvalue weighted by Gasteiger charge is 2.11. The zero-order chi connectivity index (χ0) is 13.5. The van der Waals surface area contributed by atoms with E-state index in [0.717, 1.165) is 24.9 Å². The average molecular weight is 314 g/mol. The van der Waals surface area contributed by atoms with Crippen molar-refractivity contribution < 1.29 is 0 Å². The van der Waals surface area contributed by atoms with E-state index in [0.29, 0.717) is 17.1 Å². The van der Waals surface area contributed by atoms with Crippen molar-refractivity contribution >= 4 is 21.6 Å². The molecule has 1 N–H and O–H groups in total. The zero-order valence-electron chi connectivity index (χ0n) is 10.9. The van der Waals surface area contributed by atoms with Crippen molar-refractivity contribution in [1.82, 2.24) is 9.78 Å². The first-order chi connectivity index (χ1) is 8.63. The Morgan fingerprint density at radius 3 is 2.89 bits per heavy atom. The lowest BCUT2D eigenvalue weighted by Gasteiger charge is -2.18. The Bertz CT molecular complexity index is 456. The monoisotopic (exact) mass is 313 g/mol. The number of aromatic nitrogens is 2. The van der Waals surface area contributed by atoms with Crippen molar-refractivity contribution in [3.63, 3.8) is 0 Å². The highest BCUT2D eigenvalue weighted by molar-refractivity contribution is 9.10. The fourth-order valence-corrected chi connectivity index (χ4v) is 2.19. The van der Waals surface area contributed by atoms with Crippen LogP contribution in [0.15, 0.2) is 28.1 Å². The molecule has 0 aliphatic carbocycles. The van der Waals surface area contributed by atoms with E-state index in [1.54, 1.807) is 12.3 Å². The first-order valence-corrected chi connectivity index (χ1v) is 7.06. The van der Waals surface area contributed by atoms with Crippen molar-refractivity contribution in [2.75, 3.05) is 5.32 Å². The summed E-state index contributed by atoms with van der Waals surface area (Å²) in [5, 5.41) is 7.48. The molecule has 1 aromatic rings. The number of allylic oxidation sites excluding steroid dienone is 1. The van der Waals surface area contributed by atoms with Gasteiger partial charge in [-0.05, 0) is 28.8 Å². The van der Waals surface area contributed by atoms with E-state index in [1.165, 1.54) is 4.68 Å². The first kappa shape index (κ1) is 15.0. The topological polar surface area (TPSA) is 46.9 Å². The molecule has 1 heterocycles. The van der Waals surface area contributed by atoms with Gasteiger partial charge in [-0.2, -0.15) is 5.10 Å². The molecule has 1 aromatic heterocycles. The van der Waals surface area contributed by atoms with Crippen LogP contribution in [0.1, 0.15) is 33.1 Å². The van der Waals surface area contributed by atoms with Crippen LogP contribution in [0.3, 0.4) is 0 Å². The van der Waals surface area contributed by atoms with Gasteiger partial charge in [0.15, 0.2) is 0 Å². The molecular formula is C13H20BrN3O. The van der Waals surface area contributed by atoms with Gasteiger partial charge in [0.05, 0.1) is 18.4 Å². The van der Waals surface area contributed by atoms with E-state index in [4.69, 9.17) is 0 Å². The third-order valence-corrected chi connectivity index (χ3v) is 3.54. The van der Waals surface area contributed by atoms with Gasteiger partial charge in [0.1, 0.15) is 4.47 Å². The molecule has 5 heteroatoms. The lowest BCUT2D eigenvalue weighted by atomic mass is 10.1. The largest absolute Gasteiger partial charge is 0.380 e. The van der Waals surface area contributed by atoms with Crippen LogP contribution in [0.5, 0.6) is 0 Å². The molecule has 0 saturated carbocycles. The van der Waals surface area contributed by atoms with Gasteiger partial charge in [-0.3, -0.25) is 4.79 Å². The predicted molar refractivity (Wildman–Crippen MR) is 79.0 cm³/mol. The molecule has 0 amide bonds. The van der Waals surface area contributed by atoms with Crippen molar-refractivity contribution in [3.05, 3.63) is 33.7 Å². The van der Waals surface area contributed by atoms with Crippen molar-refractivity contribution in [1.29, 1.82) is 0 Å². The summed E-state index contributed by atoms with van der Waals surface area (Å²) in [6, 6.07) is 0.378. The Morgan fingerprint density at radius 1 is 1.61 bits per heavy atom. The van der Waals surface area contributed by atoms with Crippen LogP contribution in [-0.2, 0) is 6.54 Å². The van der Waals surface area contributed by atoms with Gasteiger partial charge in [0.2, 0.25) is 0 Å². The first-order valence-electron chi connectivity index (χ1n) is 6.27. The molecule has 0 aromatic carbocycles. The Morgan fingerprint density at radius 2 is 2.33 bits per heavy atom. The summed E-state index contributed by atoms with van der Waals surface area (Å²) in [4.78, 5) is 12.0. The molecule has 0 fully saturated rings. The molecular weight excluding hydrogens is 294 g/mol. The minimum Gasteiger partial charge on any atom is -0.380 e. The van der Waals surface area contributed by atoms with E-state index in [-0.39, 0.29) is 5.56 Å². The average Bonchev–Trinajstić information content (AvgIpc) is 2.37. The quantitative estimate of drug-likeness (QED) is 0.786. The lowest BCUT2D eigenvalue weighted by Crippen LogP contribution is -2.26. The maximum absolute atomic E-state index is 12.0. The van der Waals surface area contributed by atoms with Gasteiger partial charge in [-0.25, -0.2) is 4.68 Å². The minimum atomic E-state index is -0.133. The second-order valence-corrected chi connectivity index (χ2v) is 4.98. The molecule has 1 rings (SSSR count). The maximum atomic E-state index is 12.0. The van der Waals surface area contributed by atoms with Crippen molar-refractivity contribution in [2.24, 2.45) is 0 Å². The number of nitrogens with one attached hydrogen (secondary N) is 1. The predicted octanol–water partition coefficient (Wildman–Crippen LogP) is 3.18. The molecule has 0 bridgehead atoms. The fourth-order valence-electron chi connectivity index (χ4n) is 1.76. The Kier molecular flexibility index (Phi) is 6.12. The molecule has 0 radical (unpaired) electrons. The van der Waals surface area contributed by atoms with Gasteiger partial charge in [-0.1, -0.05) is 26.3 Å². The van der Waals surface area contributed by atoms with Gasteiger partial charge in [0.25, 0.3) is 5.56 Å². The molecule has 0 saturated heterocycles. The molecule has 0 aliphatic rings. The number of hydrogen-bond acceptors (Lipinski definition) is 3. The summed E-state index contributed by atoms with van der Waals surface area (Å²) in [5.41, 5.74) is 0.631. The standard InChI is InChI=1S/C13H20BrN3O/c1-4-7-10(6-3)16-11-9-15-17(8-5-2)13(18)12(11)14/h5,9-10,16H,2,4,6-8H2,1,3H3. The van der Waals surface area contributed by atoms with Gasteiger partial charge in [-0.15, -0.1) is 6.58 Å². The van der Waals surface area contributed by atoms with Crippen LogP contribution in [0.25, 0.3) is 0 Å². The van der Waals surface area contributed by atoms with E-state index in [2.05, 4.69) is 46.8 Å². The molecule has 18 heavy (non-hydrogen) atoms. The third kappa shape index (κ3) is 3.70. The van der Waals surface area contributed by atoms with Crippen LogP contribution >= 0.6 is 15.9 Å². The van der Waals surface area contributed by atoms with Crippen LogP contribution in [0, 0.1) is 0 Å². The summed E-state index contributed by atoms with van der Waals surface area (Å²) in [6.45, 7) is 8.31. The SMILES string of the molecule is C=CCn1ncc(NC(CC)CCC)c(Br)c1=O. The second-order valence-electron chi connectivity index (χ2n) is 4.19. The minimum absolute atomic E-state index is 0.133. The molecule has 100 valence electrons. The zero-order valence-corrected chi connectivity index (χ0v) is 12.5.